The van der Waals surface area contributed by atoms with E-state index in [1.165, 1.54) is 6.07 Å². The second kappa shape index (κ2) is 6.82. The van der Waals surface area contributed by atoms with Gasteiger partial charge in [-0.25, -0.2) is 5.43 Å². The van der Waals surface area contributed by atoms with Gasteiger partial charge in [-0.1, -0.05) is 17.7 Å². The second-order valence-corrected chi connectivity index (χ2v) is 4.85. The van der Waals surface area contributed by atoms with E-state index in [4.69, 9.17) is 11.6 Å². The summed E-state index contributed by atoms with van der Waals surface area (Å²) in [5, 5.41) is 17.0. The molecule has 0 aromatic heterocycles. The molecule has 7 heteroatoms. The van der Waals surface area contributed by atoms with Crippen LogP contribution in [0.15, 0.2) is 52.7 Å². The Kier molecular flexibility index (Phi) is 4.85. The molecule has 0 heterocycles. The van der Waals surface area contributed by atoms with Crippen molar-refractivity contribution in [1.82, 2.24) is 5.43 Å². The first-order chi connectivity index (χ1) is 10.5. The fraction of sp³-hybridized carbons (Fsp3) is 0.0667. The van der Waals surface area contributed by atoms with Crippen molar-refractivity contribution in [1.29, 1.82) is 0 Å². The number of hydrazone groups is 1. The Morgan fingerprint density at radius 3 is 2.50 bits per heavy atom. The fourth-order valence-corrected chi connectivity index (χ4v) is 1.88. The first-order valence-electron chi connectivity index (χ1n) is 6.29. The Labute approximate surface area is 131 Å². The number of hydrogen-bond acceptors (Lipinski definition) is 5. The van der Waals surface area contributed by atoms with Crippen LogP contribution in [0.2, 0.25) is 5.02 Å². The van der Waals surface area contributed by atoms with Crippen molar-refractivity contribution in [3.05, 3.63) is 63.5 Å². The first-order valence-corrected chi connectivity index (χ1v) is 6.66. The molecule has 0 unspecified atom stereocenters. The minimum atomic E-state index is -0.417. The average Bonchev–Trinajstić information content (AvgIpc) is 2.53. The van der Waals surface area contributed by atoms with E-state index >= 15 is 0 Å². The molecule has 0 saturated carbocycles. The van der Waals surface area contributed by atoms with Gasteiger partial charge >= 0.3 is 0 Å². The number of carbonyl (C=O) groups excluding carboxylic acids is 1. The topological polar surface area (TPSA) is 91.1 Å². The Balaban J connectivity index is 2.18. The third-order valence-electron chi connectivity index (χ3n) is 2.93. The molecule has 0 aliphatic heterocycles. The molecule has 6 nitrogen and oxygen atoms in total. The van der Waals surface area contributed by atoms with Crippen LogP contribution in [0.1, 0.15) is 22.8 Å². The Morgan fingerprint density at radius 1 is 1.18 bits per heavy atom. The molecule has 2 rings (SSSR count). The maximum atomic E-state index is 11.9. The number of phenols is 1. The Hall–Kier alpha value is -2.73. The number of aromatic hydroxyl groups is 1. The number of benzene rings is 2. The predicted molar refractivity (Wildman–Crippen MR) is 84.7 cm³/mol. The van der Waals surface area contributed by atoms with Crippen molar-refractivity contribution >= 4 is 28.9 Å². The number of amides is 1. The molecule has 22 heavy (non-hydrogen) atoms. The van der Waals surface area contributed by atoms with Gasteiger partial charge in [0.25, 0.3) is 5.91 Å². The zero-order chi connectivity index (χ0) is 16.1. The molecule has 0 fully saturated rings. The SMILES string of the molecule is C/C(=N\NC(=O)c1ccc(Cl)cc1)c1cccc(N=O)c1O. The van der Waals surface area contributed by atoms with Gasteiger partial charge in [0.1, 0.15) is 5.69 Å². The van der Waals surface area contributed by atoms with E-state index in [0.717, 1.165) is 0 Å². The van der Waals surface area contributed by atoms with Gasteiger partial charge in [-0.2, -0.15) is 5.10 Å². The van der Waals surface area contributed by atoms with Crippen LogP contribution in [0.5, 0.6) is 5.75 Å². The normalized spacial score (nSPS) is 11.1. The van der Waals surface area contributed by atoms with Gasteiger partial charge < -0.3 is 5.11 Å². The number of hydrogen-bond donors (Lipinski definition) is 2. The Bertz CT molecular complexity index is 742. The molecule has 0 radical (unpaired) electrons. The van der Waals surface area contributed by atoms with Crippen molar-refractivity contribution < 1.29 is 9.90 Å². The van der Waals surface area contributed by atoms with Gasteiger partial charge in [0.15, 0.2) is 5.75 Å². The standard InChI is InChI=1S/C15H12ClN3O3/c1-9(12-3-2-4-13(19-22)14(12)20)17-18-15(21)10-5-7-11(16)8-6-10/h2-8,20H,1H3,(H,18,21)/b17-9+. The summed E-state index contributed by atoms with van der Waals surface area (Å²) in [7, 11) is 0. The second-order valence-electron chi connectivity index (χ2n) is 4.41. The molecular weight excluding hydrogens is 306 g/mol. The zero-order valence-corrected chi connectivity index (χ0v) is 12.3. The summed E-state index contributed by atoms with van der Waals surface area (Å²) in [6.07, 6.45) is 0. The molecule has 0 aliphatic rings. The zero-order valence-electron chi connectivity index (χ0n) is 11.6. The number of para-hydroxylation sites is 1. The van der Waals surface area contributed by atoms with Crippen LogP contribution < -0.4 is 5.43 Å². The number of phenolic OH excluding ortho intramolecular Hbond substituents is 1. The first kappa shape index (κ1) is 15.7. The summed E-state index contributed by atoms with van der Waals surface area (Å²) < 4.78 is 0. The highest BCUT2D eigenvalue weighted by atomic mass is 35.5. The van der Waals surface area contributed by atoms with E-state index in [2.05, 4.69) is 15.7 Å². The number of halogens is 1. The molecule has 2 aromatic rings. The summed E-state index contributed by atoms with van der Waals surface area (Å²) >= 11 is 5.75. The molecule has 0 atom stereocenters. The van der Waals surface area contributed by atoms with Crippen LogP contribution in [0.25, 0.3) is 0 Å². The molecule has 0 spiro atoms. The van der Waals surface area contributed by atoms with Crippen LogP contribution in [-0.4, -0.2) is 16.7 Å². The molecule has 0 aliphatic carbocycles. The molecule has 0 bridgehead atoms. The molecular formula is C15H12ClN3O3. The van der Waals surface area contributed by atoms with Crippen LogP contribution in [0.4, 0.5) is 5.69 Å². The summed E-state index contributed by atoms with van der Waals surface area (Å²) in [6, 6.07) is 10.8. The molecule has 2 N–H and O–H groups in total. The van der Waals surface area contributed by atoms with Crippen molar-refractivity contribution in [2.75, 3.05) is 0 Å². The van der Waals surface area contributed by atoms with E-state index < -0.39 is 5.91 Å². The lowest BCUT2D eigenvalue weighted by atomic mass is 10.1. The van der Waals surface area contributed by atoms with Gasteiger partial charge in [-0.15, -0.1) is 4.91 Å². The van der Waals surface area contributed by atoms with Gasteiger partial charge in [0.2, 0.25) is 0 Å². The quantitative estimate of drug-likeness (QED) is 0.512. The molecule has 1 amide bonds. The van der Waals surface area contributed by atoms with Gasteiger partial charge in [-0.05, 0) is 48.5 Å². The highest BCUT2D eigenvalue weighted by Crippen LogP contribution is 2.30. The Morgan fingerprint density at radius 2 is 1.86 bits per heavy atom. The monoisotopic (exact) mass is 317 g/mol. The molecule has 2 aromatic carbocycles. The highest BCUT2D eigenvalue weighted by molar-refractivity contribution is 6.30. The molecule has 112 valence electrons. The maximum Gasteiger partial charge on any atom is 0.271 e. The van der Waals surface area contributed by atoms with Crippen molar-refractivity contribution in [2.24, 2.45) is 10.3 Å². The minimum absolute atomic E-state index is 0.0870. The summed E-state index contributed by atoms with van der Waals surface area (Å²) in [4.78, 5) is 22.5. The van der Waals surface area contributed by atoms with Crippen molar-refractivity contribution in [3.63, 3.8) is 0 Å². The molecule has 0 saturated heterocycles. The lowest BCUT2D eigenvalue weighted by molar-refractivity contribution is 0.0955. The van der Waals surface area contributed by atoms with Gasteiger partial charge in [0, 0.05) is 16.1 Å². The van der Waals surface area contributed by atoms with Crippen molar-refractivity contribution in [2.45, 2.75) is 6.92 Å². The maximum absolute atomic E-state index is 11.9. The highest BCUT2D eigenvalue weighted by Gasteiger charge is 2.11. The lowest BCUT2D eigenvalue weighted by Gasteiger charge is -2.06. The number of nitrogens with one attached hydrogen (secondary N) is 1. The predicted octanol–water partition coefficient (Wildman–Crippen LogP) is 3.60. The van der Waals surface area contributed by atoms with Crippen LogP contribution >= 0.6 is 11.6 Å². The summed E-state index contributed by atoms with van der Waals surface area (Å²) in [5.41, 5.74) is 3.33. The van der Waals surface area contributed by atoms with Crippen LogP contribution in [0, 0.1) is 4.91 Å². The lowest BCUT2D eigenvalue weighted by Crippen LogP contribution is -2.19. The number of carbonyl (C=O) groups is 1. The number of nitrogens with zero attached hydrogens (tertiary/aromatic N) is 2. The largest absolute Gasteiger partial charge is 0.505 e. The van der Waals surface area contributed by atoms with E-state index in [1.807, 2.05) is 0 Å². The number of nitroso groups, excluding NO2 is 1. The van der Waals surface area contributed by atoms with Crippen molar-refractivity contribution in [3.8, 4) is 5.75 Å². The fourth-order valence-electron chi connectivity index (χ4n) is 1.76. The van der Waals surface area contributed by atoms with E-state index in [9.17, 15) is 14.8 Å². The third kappa shape index (κ3) is 3.48. The van der Waals surface area contributed by atoms with E-state index in [1.54, 1.807) is 43.3 Å². The van der Waals surface area contributed by atoms with Gasteiger partial charge in [0.05, 0.1) is 5.71 Å². The number of rotatable bonds is 4. The third-order valence-corrected chi connectivity index (χ3v) is 3.19. The average molecular weight is 318 g/mol. The van der Waals surface area contributed by atoms with E-state index in [0.29, 0.717) is 21.9 Å². The van der Waals surface area contributed by atoms with Crippen LogP contribution in [0.3, 0.4) is 0 Å². The minimum Gasteiger partial charge on any atom is -0.505 e. The smallest absolute Gasteiger partial charge is 0.271 e. The van der Waals surface area contributed by atoms with Crippen LogP contribution in [-0.2, 0) is 0 Å². The summed E-state index contributed by atoms with van der Waals surface area (Å²) in [5.74, 6) is -0.695. The summed E-state index contributed by atoms with van der Waals surface area (Å²) in [6.45, 7) is 1.59. The van der Waals surface area contributed by atoms with E-state index in [-0.39, 0.29) is 11.4 Å². The van der Waals surface area contributed by atoms with Gasteiger partial charge in [-0.3, -0.25) is 4.79 Å².